The molecule has 19 heavy (non-hydrogen) atoms. The van der Waals surface area contributed by atoms with Gasteiger partial charge in [0.2, 0.25) is 5.88 Å². The zero-order valence-corrected chi connectivity index (χ0v) is 12.1. The maximum Gasteiger partial charge on any atom is 0.212 e. The maximum absolute atomic E-state index is 5.34. The van der Waals surface area contributed by atoms with Gasteiger partial charge in [0.1, 0.15) is 10.5 Å². The summed E-state index contributed by atoms with van der Waals surface area (Å²) in [4.78, 5) is 12.0. The molecule has 0 saturated carbocycles. The molecule has 0 unspecified atom stereocenters. The van der Waals surface area contributed by atoms with Gasteiger partial charge in [-0.05, 0) is 5.56 Å². The highest BCUT2D eigenvalue weighted by atomic mass is 32.2. The molecule has 2 aromatic heterocycles. The number of hydrogen-bond donors (Lipinski definition) is 1. The van der Waals surface area contributed by atoms with Gasteiger partial charge in [-0.3, -0.25) is 0 Å². The molecule has 3 heterocycles. The Balaban J connectivity index is 1.87. The van der Waals surface area contributed by atoms with Gasteiger partial charge in [0, 0.05) is 41.4 Å². The first-order valence-electron chi connectivity index (χ1n) is 5.94. The van der Waals surface area contributed by atoms with E-state index >= 15 is 0 Å². The Bertz CT molecular complexity index is 652. The molecule has 98 valence electrons. The highest BCUT2D eigenvalue weighted by Crippen LogP contribution is 2.28. The molecular formula is C13H13N3OS2. The van der Waals surface area contributed by atoms with Crippen molar-refractivity contribution in [2.24, 2.45) is 0 Å². The normalized spacial score (nSPS) is 13.3. The molecule has 0 aliphatic carbocycles. The summed E-state index contributed by atoms with van der Waals surface area (Å²) < 4.78 is 5.78. The monoisotopic (exact) mass is 291 g/mol. The average molecular weight is 291 g/mol. The van der Waals surface area contributed by atoms with E-state index in [0.717, 1.165) is 27.5 Å². The fourth-order valence-corrected chi connectivity index (χ4v) is 3.50. The van der Waals surface area contributed by atoms with Crippen LogP contribution in [0.25, 0.3) is 0 Å². The van der Waals surface area contributed by atoms with Gasteiger partial charge in [-0.2, -0.15) is 11.8 Å². The lowest BCUT2D eigenvalue weighted by Crippen LogP contribution is -2.02. The smallest absolute Gasteiger partial charge is 0.212 e. The second-order valence-corrected chi connectivity index (χ2v) is 5.70. The van der Waals surface area contributed by atoms with Crippen LogP contribution in [0.4, 0.5) is 0 Å². The summed E-state index contributed by atoms with van der Waals surface area (Å²) in [5, 5.41) is 0. The number of fused-ring (bicyclic) bond motifs is 1. The van der Waals surface area contributed by atoms with Gasteiger partial charge >= 0.3 is 0 Å². The van der Waals surface area contributed by atoms with Crippen LogP contribution in [0.5, 0.6) is 5.88 Å². The van der Waals surface area contributed by atoms with E-state index in [2.05, 4.69) is 15.0 Å². The van der Waals surface area contributed by atoms with Gasteiger partial charge in [0.15, 0.2) is 0 Å². The van der Waals surface area contributed by atoms with E-state index in [1.54, 1.807) is 13.3 Å². The maximum atomic E-state index is 5.34. The summed E-state index contributed by atoms with van der Waals surface area (Å²) in [6, 6.07) is 3.85. The Morgan fingerprint density at radius 1 is 1.42 bits per heavy atom. The fraction of sp³-hybridized carbons (Fsp3) is 0.308. The lowest BCUT2D eigenvalue weighted by atomic mass is 10.2. The van der Waals surface area contributed by atoms with E-state index in [1.807, 2.05) is 23.9 Å². The van der Waals surface area contributed by atoms with Crippen molar-refractivity contribution in [3.8, 4) is 5.88 Å². The van der Waals surface area contributed by atoms with Crippen LogP contribution in [0.15, 0.2) is 18.3 Å². The Hall–Kier alpha value is -1.40. The zero-order chi connectivity index (χ0) is 13.2. The molecule has 1 aliphatic heterocycles. The Labute approximate surface area is 120 Å². The minimum atomic E-state index is 0.620. The molecule has 6 heteroatoms. The van der Waals surface area contributed by atoms with E-state index in [1.165, 1.54) is 11.3 Å². The molecule has 0 saturated heterocycles. The Morgan fingerprint density at radius 2 is 2.32 bits per heavy atom. The summed E-state index contributed by atoms with van der Waals surface area (Å²) in [5.41, 5.74) is 3.50. The van der Waals surface area contributed by atoms with E-state index in [-0.39, 0.29) is 0 Å². The van der Waals surface area contributed by atoms with Crippen LogP contribution >= 0.6 is 24.0 Å². The van der Waals surface area contributed by atoms with E-state index in [4.69, 9.17) is 17.0 Å². The van der Waals surface area contributed by atoms with Crippen molar-refractivity contribution in [1.29, 1.82) is 0 Å². The fourth-order valence-electron chi connectivity index (χ4n) is 2.04. The Morgan fingerprint density at radius 3 is 3.05 bits per heavy atom. The highest BCUT2D eigenvalue weighted by Gasteiger charge is 2.15. The van der Waals surface area contributed by atoms with E-state index in [0.29, 0.717) is 12.3 Å². The van der Waals surface area contributed by atoms with Crippen molar-refractivity contribution in [2.75, 3.05) is 7.11 Å². The van der Waals surface area contributed by atoms with Crippen molar-refractivity contribution in [3.63, 3.8) is 0 Å². The average Bonchev–Trinajstić information content (AvgIpc) is 2.88. The summed E-state index contributed by atoms with van der Waals surface area (Å²) in [5.74, 6) is 3.49. The second-order valence-electron chi connectivity index (χ2n) is 4.32. The molecule has 0 atom stereocenters. The standard InChI is InChI=1S/C13H13N3OS2/c1-17-12-3-2-8(5-14-12)4-11-15-10-7-19-6-9(10)13(18)16-11/h2-3,5H,4,6-7H2,1H3,(H,15,16,18). The van der Waals surface area contributed by atoms with Crippen molar-refractivity contribution in [1.82, 2.24) is 15.0 Å². The third-order valence-corrected chi connectivity index (χ3v) is 4.35. The van der Waals surface area contributed by atoms with Crippen LogP contribution in [0.2, 0.25) is 0 Å². The lowest BCUT2D eigenvalue weighted by Gasteiger charge is -2.05. The number of rotatable bonds is 3. The first kappa shape index (κ1) is 12.6. The number of pyridine rings is 1. The molecule has 4 nitrogen and oxygen atoms in total. The number of nitrogens with zero attached hydrogens (tertiary/aromatic N) is 2. The molecule has 0 bridgehead atoms. The second kappa shape index (κ2) is 5.30. The van der Waals surface area contributed by atoms with E-state index in [9.17, 15) is 0 Å². The van der Waals surface area contributed by atoms with Crippen molar-refractivity contribution < 1.29 is 4.74 Å². The molecule has 1 N–H and O–H groups in total. The molecule has 0 radical (unpaired) electrons. The topological polar surface area (TPSA) is 50.8 Å². The zero-order valence-electron chi connectivity index (χ0n) is 10.5. The van der Waals surface area contributed by atoms with Gasteiger partial charge < -0.3 is 9.72 Å². The molecule has 2 aromatic rings. The first-order valence-corrected chi connectivity index (χ1v) is 7.50. The van der Waals surface area contributed by atoms with Crippen LogP contribution in [0.3, 0.4) is 0 Å². The van der Waals surface area contributed by atoms with Gasteiger partial charge in [-0.25, -0.2) is 9.97 Å². The van der Waals surface area contributed by atoms with Crippen molar-refractivity contribution >= 4 is 24.0 Å². The lowest BCUT2D eigenvalue weighted by molar-refractivity contribution is 0.397. The summed E-state index contributed by atoms with van der Waals surface area (Å²) in [6.45, 7) is 0. The first-order chi connectivity index (χ1) is 9.26. The molecular weight excluding hydrogens is 278 g/mol. The SMILES string of the molecule is COc1ccc(Cc2nc(=S)c3c([nH]2)CSC3)cn1. The summed E-state index contributed by atoms with van der Waals surface area (Å²) in [7, 11) is 1.61. The van der Waals surface area contributed by atoms with E-state index < -0.39 is 0 Å². The molecule has 0 fully saturated rings. The van der Waals surface area contributed by atoms with Crippen LogP contribution in [-0.2, 0) is 17.9 Å². The Kier molecular flexibility index (Phi) is 3.52. The van der Waals surface area contributed by atoms with Gasteiger partial charge in [-0.1, -0.05) is 18.3 Å². The minimum Gasteiger partial charge on any atom is -0.481 e. The van der Waals surface area contributed by atoms with Gasteiger partial charge in [0.25, 0.3) is 0 Å². The number of ether oxygens (including phenoxy) is 1. The predicted molar refractivity (Wildman–Crippen MR) is 78.0 cm³/mol. The number of nitrogens with one attached hydrogen (secondary N) is 1. The van der Waals surface area contributed by atoms with Crippen LogP contribution in [0.1, 0.15) is 22.6 Å². The molecule has 0 aromatic carbocycles. The largest absolute Gasteiger partial charge is 0.481 e. The molecule has 0 spiro atoms. The van der Waals surface area contributed by atoms with Crippen LogP contribution in [-0.4, -0.2) is 22.1 Å². The minimum absolute atomic E-state index is 0.620. The number of aromatic amines is 1. The number of H-pyrrole nitrogens is 1. The van der Waals surface area contributed by atoms with Crippen molar-refractivity contribution in [2.45, 2.75) is 17.9 Å². The van der Waals surface area contributed by atoms with Crippen LogP contribution in [0, 0.1) is 4.64 Å². The van der Waals surface area contributed by atoms with Crippen LogP contribution < -0.4 is 4.74 Å². The van der Waals surface area contributed by atoms with Crippen molar-refractivity contribution in [3.05, 3.63) is 45.6 Å². The molecule has 1 aliphatic rings. The molecule has 0 amide bonds. The van der Waals surface area contributed by atoms with Gasteiger partial charge in [-0.15, -0.1) is 0 Å². The van der Waals surface area contributed by atoms with Gasteiger partial charge in [0.05, 0.1) is 7.11 Å². The number of methoxy groups -OCH3 is 1. The third-order valence-electron chi connectivity index (χ3n) is 3.03. The number of thioether (sulfide) groups is 1. The number of hydrogen-bond acceptors (Lipinski definition) is 5. The highest BCUT2D eigenvalue weighted by molar-refractivity contribution is 7.98. The number of aromatic nitrogens is 3. The summed E-state index contributed by atoms with van der Waals surface area (Å²) >= 11 is 7.21. The molecule has 3 rings (SSSR count). The predicted octanol–water partition coefficient (Wildman–Crippen LogP) is 2.88. The quantitative estimate of drug-likeness (QED) is 0.881. The third kappa shape index (κ3) is 2.64. The summed E-state index contributed by atoms with van der Waals surface area (Å²) in [6.07, 6.45) is 2.51.